The first-order valence-electron chi connectivity index (χ1n) is 20.3. The Hall–Kier alpha value is -5.01. The first-order chi connectivity index (χ1) is 28.7. The number of benzene rings is 8. The quantitative estimate of drug-likeness (QED) is 0.107. The van der Waals surface area contributed by atoms with E-state index in [-0.39, 0.29) is 0 Å². The van der Waals surface area contributed by atoms with Gasteiger partial charge in [-0.05, 0) is 0 Å². The Morgan fingerprint density at radius 1 is 0.390 bits per heavy atom. The van der Waals surface area contributed by atoms with Crippen LogP contribution < -0.4 is 42.4 Å². The van der Waals surface area contributed by atoms with E-state index in [0.29, 0.717) is 0 Å². The third kappa shape index (κ3) is 6.13. The second-order valence-corrected chi connectivity index (χ2v) is 31.9. The molecule has 0 spiro atoms. The number of hydrogen-bond donors (Lipinski definition) is 0. The summed E-state index contributed by atoms with van der Waals surface area (Å²) in [6.45, 7) is -4.87. The van der Waals surface area contributed by atoms with E-state index in [9.17, 15) is 0 Å². The van der Waals surface area contributed by atoms with Crippen LogP contribution >= 0.6 is 20.5 Å². The average molecular weight is 827 g/mol. The first-order valence-corrected chi connectivity index (χ1v) is 28.2. The van der Waals surface area contributed by atoms with Crippen LogP contribution in [0.2, 0.25) is 0 Å². The molecule has 0 saturated carbocycles. The summed E-state index contributed by atoms with van der Waals surface area (Å²) in [5.41, 5.74) is 1.22. The summed E-state index contributed by atoms with van der Waals surface area (Å²) in [6.07, 6.45) is 0.721. The monoisotopic (exact) mass is 826 g/mol. The first kappa shape index (κ1) is 39.5. The van der Waals surface area contributed by atoms with Gasteiger partial charge in [-0.2, -0.15) is 0 Å². The van der Waals surface area contributed by atoms with E-state index in [1.54, 1.807) is 0 Å². The molecule has 0 bridgehead atoms. The zero-order valence-electron chi connectivity index (χ0n) is 33.9. The summed E-state index contributed by atoms with van der Waals surface area (Å²) in [4.78, 5) is 0. The Morgan fingerprint density at radius 2 is 0.695 bits per heavy atom. The van der Waals surface area contributed by atoms with E-state index in [1.165, 1.54) is 5.56 Å². The molecule has 0 amide bonds. The second-order valence-electron chi connectivity index (χ2n) is 16.8. The minimum absolute atomic E-state index is 0.721. The Balaban J connectivity index is 1.50. The Morgan fingerprint density at radius 3 is 1.05 bits per heavy atom. The van der Waals surface area contributed by atoms with Crippen LogP contribution in [-0.2, 0) is 19.5 Å². The molecule has 0 fully saturated rings. The molecule has 3 nitrogen and oxygen atoms in total. The van der Waals surface area contributed by atoms with Gasteiger partial charge in [-0.1, -0.05) is 0 Å². The molecule has 7 heteroatoms. The van der Waals surface area contributed by atoms with Gasteiger partial charge in [0.1, 0.15) is 0 Å². The van der Waals surface area contributed by atoms with Gasteiger partial charge in [-0.15, -0.1) is 0 Å². The van der Waals surface area contributed by atoms with E-state index >= 15 is 0 Å². The van der Waals surface area contributed by atoms with Crippen molar-refractivity contribution in [2.45, 2.75) is 6.16 Å². The fourth-order valence-electron chi connectivity index (χ4n) is 9.63. The van der Waals surface area contributed by atoms with Crippen molar-refractivity contribution in [3.05, 3.63) is 242 Å². The van der Waals surface area contributed by atoms with Gasteiger partial charge in [0.05, 0.1) is 0 Å². The SMILES string of the molecule is CP1(C)(C)Cc2ccccc2P(c2ccccc2)(c2ccccc2)(c2ccccc2)OB(OP(c2ccccc2)(c2ccccc2)(c2ccccc2)c2ccccc2)O1. The normalized spacial score (nSPS) is 18.7. The van der Waals surface area contributed by atoms with Crippen molar-refractivity contribution in [3.63, 3.8) is 0 Å². The third-order valence-corrected chi connectivity index (χ3v) is 25.9. The van der Waals surface area contributed by atoms with Crippen molar-refractivity contribution in [2.75, 3.05) is 20.0 Å². The van der Waals surface area contributed by atoms with E-state index in [2.05, 4.69) is 257 Å². The molecule has 1 aliphatic rings. The summed E-state index contributed by atoms with van der Waals surface area (Å²) in [5.74, 6) is 0. The molecule has 8 aromatic rings. The molecular formula is C52H50BO3P3. The van der Waals surface area contributed by atoms with Gasteiger partial charge in [0.15, 0.2) is 0 Å². The summed E-state index contributed by atoms with van der Waals surface area (Å²) >= 11 is 0. The van der Waals surface area contributed by atoms with Crippen LogP contribution in [0.5, 0.6) is 0 Å². The standard InChI is InChI=1S/C52H50BO3P3/c1-57(2,3)43-44-27-25-26-42-52(44)59(49-36-19-8-20-37-49,50-38-21-9-22-39-50,51-40-23-10-24-41-51)56-53(54-57)55-58(45-28-11-4-12-29-45,46-30-13-5-14-31-46,47-32-15-6-16-33-47)48-34-17-7-18-35-48/h4-42H,43H2,1-3H3. The van der Waals surface area contributed by atoms with E-state index in [1.807, 2.05) is 0 Å². The van der Waals surface area contributed by atoms with Crippen LogP contribution in [0, 0.1) is 0 Å². The molecule has 0 radical (unpaired) electrons. The Kier molecular flexibility index (Phi) is 9.98. The van der Waals surface area contributed by atoms with Gasteiger partial charge < -0.3 is 0 Å². The van der Waals surface area contributed by atoms with E-state index in [0.717, 1.165) is 48.6 Å². The van der Waals surface area contributed by atoms with Crippen LogP contribution in [0.25, 0.3) is 0 Å². The molecule has 9 rings (SSSR count). The zero-order valence-corrected chi connectivity index (χ0v) is 36.6. The summed E-state index contributed by atoms with van der Waals surface area (Å²) in [7, 11) is -1.18. The van der Waals surface area contributed by atoms with Gasteiger partial charge >= 0.3 is 352 Å². The summed E-state index contributed by atoms with van der Waals surface area (Å²) in [6, 6.07) is 84.8. The molecule has 294 valence electrons. The van der Waals surface area contributed by atoms with Gasteiger partial charge in [-0.25, -0.2) is 0 Å². The topological polar surface area (TPSA) is 27.7 Å². The van der Waals surface area contributed by atoms with Crippen LogP contribution in [-0.4, -0.2) is 27.3 Å². The molecule has 59 heavy (non-hydrogen) atoms. The predicted octanol–water partition coefficient (Wildman–Crippen LogP) is 9.43. The molecule has 0 unspecified atom stereocenters. The molecule has 0 saturated heterocycles. The number of rotatable bonds is 9. The van der Waals surface area contributed by atoms with Crippen LogP contribution in [0.3, 0.4) is 0 Å². The van der Waals surface area contributed by atoms with Gasteiger partial charge in [0.2, 0.25) is 0 Å². The second kappa shape index (κ2) is 14.9. The van der Waals surface area contributed by atoms with Gasteiger partial charge in [-0.3, -0.25) is 0 Å². The fourth-order valence-corrected chi connectivity index (χ4v) is 23.8. The average Bonchev–Trinajstić information content (AvgIpc) is 3.29. The van der Waals surface area contributed by atoms with E-state index < -0.39 is 27.8 Å². The molecule has 0 N–H and O–H groups in total. The molecule has 1 heterocycles. The van der Waals surface area contributed by atoms with Crippen molar-refractivity contribution < 1.29 is 13.3 Å². The van der Waals surface area contributed by atoms with Gasteiger partial charge in [0.25, 0.3) is 0 Å². The molecule has 0 aliphatic carbocycles. The Bertz CT molecular complexity index is 2410. The van der Waals surface area contributed by atoms with Crippen LogP contribution in [0.4, 0.5) is 0 Å². The van der Waals surface area contributed by atoms with Crippen LogP contribution in [0.15, 0.2) is 237 Å². The molecule has 0 atom stereocenters. The minimum atomic E-state index is -4.33. The van der Waals surface area contributed by atoms with Crippen molar-refractivity contribution in [2.24, 2.45) is 0 Å². The van der Waals surface area contributed by atoms with Gasteiger partial charge in [0, 0.05) is 0 Å². The maximum absolute atomic E-state index is 8.57. The number of hydrogen-bond acceptors (Lipinski definition) is 3. The fraction of sp³-hybridized carbons (Fsp3) is 0.0769. The van der Waals surface area contributed by atoms with Crippen LogP contribution in [0.1, 0.15) is 5.56 Å². The molecule has 1 aliphatic heterocycles. The summed E-state index contributed by atoms with van der Waals surface area (Å²) < 4.78 is 25.0. The predicted molar refractivity (Wildman–Crippen MR) is 260 cm³/mol. The zero-order chi connectivity index (χ0) is 40.5. The van der Waals surface area contributed by atoms with Crippen molar-refractivity contribution in [1.29, 1.82) is 0 Å². The third-order valence-electron chi connectivity index (χ3n) is 12.0. The van der Waals surface area contributed by atoms with Crippen molar-refractivity contribution in [1.82, 2.24) is 0 Å². The maximum atomic E-state index is 8.57. The van der Waals surface area contributed by atoms with Crippen molar-refractivity contribution >= 4 is 70.2 Å². The molecule has 0 aromatic heterocycles. The molecular weight excluding hydrogens is 776 g/mol. The number of fused-ring (bicyclic) bond motifs is 1. The molecule has 8 aromatic carbocycles. The summed E-state index contributed by atoms with van der Waals surface area (Å²) in [5, 5.41) is 8.61. The van der Waals surface area contributed by atoms with E-state index in [4.69, 9.17) is 13.3 Å². The van der Waals surface area contributed by atoms with Crippen molar-refractivity contribution in [3.8, 4) is 0 Å². The Labute approximate surface area is 350 Å².